The van der Waals surface area contributed by atoms with Crippen molar-refractivity contribution < 1.29 is 8.42 Å². The van der Waals surface area contributed by atoms with E-state index in [1.165, 1.54) is 18.4 Å². The molecule has 0 saturated heterocycles. The van der Waals surface area contributed by atoms with Gasteiger partial charge >= 0.3 is 0 Å². The van der Waals surface area contributed by atoms with Crippen LogP contribution in [-0.4, -0.2) is 59.1 Å². The zero-order valence-corrected chi connectivity index (χ0v) is 14.6. The number of aromatic nitrogens is 1. The Bertz CT molecular complexity index is 540. The van der Waals surface area contributed by atoms with Gasteiger partial charge in [0.2, 0.25) is 0 Å². The van der Waals surface area contributed by atoms with Crippen molar-refractivity contribution in [3.8, 4) is 0 Å². The fourth-order valence-electron chi connectivity index (χ4n) is 1.69. The molecule has 0 spiro atoms. The van der Waals surface area contributed by atoms with E-state index in [9.17, 15) is 8.42 Å². The van der Waals surface area contributed by atoms with Crippen molar-refractivity contribution in [1.82, 2.24) is 14.6 Å². The van der Waals surface area contributed by atoms with Gasteiger partial charge in [-0.1, -0.05) is 11.3 Å². The molecule has 0 saturated carbocycles. The quantitative estimate of drug-likeness (QED) is 0.816. The number of hydrogen-bond acceptors (Lipinski definition) is 6. The highest BCUT2D eigenvalue weighted by atomic mass is 32.2. The normalized spacial score (nSPS) is 13.8. The van der Waals surface area contributed by atoms with Crippen molar-refractivity contribution >= 4 is 26.5 Å². The third-order valence-corrected chi connectivity index (χ3v) is 6.48. The molecule has 0 amide bonds. The zero-order valence-electron chi connectivity index (χ0n) is 13.0. The Kier molecular flexibility index (Phi) is 5.93. The molecule has 0 radical (unpaired) electrons. The van der Waals surface area contributed by atoms with Gasteiger partial charge in [-0.2, -0.15) is 0 Å². The van der Waals surface area contributed by atoms with Gasteiger partial charge in [0.25, 0.3) is 10.0 Å². The van der Waals surface area contributed by atoms with Gasteiger partial charge in [0.15, 0.2) is 9.34 Å². The molecule has 0 bridgehead atoms. The van der Waals surface area contributed by atoms with Gasteiger partial charge in [-0.05, 0) is 48.0 Å². The van der Waals surface area contributed by atoms with Crippen molar-refractivity contribution in [1.29, 1.82) is 0 Å². The number of nitrogens with one attached hydrogen (secondary N) is 1. The molecule has 1 N–H and O–H groups in total. The lowest BCUT2D eigenvalue weighted by molar-refractivity contribution is 0.382. The second-order valence-corrected chi connectivity index (χ2v) is 8.19. The number of anilines is 1. The van der Waals surface area contributed by atoms with Crippen LogP contribution >= 0.6 is 11.3 Å². The molecule has 1 aromatic rings. The second-order valence-electron chi connectivity index (χ2n) is 5.13. The number of sulfonamides is 1. The van der Waals surface area contributed by atoms with Gasteiger partial charge in [0.1, 0.15) is 0 Å². The molecule has 0 aliphatic rings. The van der Waals surface area contributed by atoms with Crippen LogP contribution in [0.4, 0.5) is 5.13 Å². The molecule has 1 aromatic heterocycles. The van der Waals surface area contributed by atoms with Crippen LogP contribution in [0, 0.1) is 6.92 Å². The molecule has 1 rings (SSSR count). The average Bonchev–Trinajstić information content (AvgIpc) is 2.77. The molecule has 0 unspecified atom stereocenters. The first kappa shape index (κ1) is 17.4. The molecule has 0 aromatic carbocycles. The summed E-state index contributed by atoms with van der Waals surface area (Å²) in [6.07, 6.45) is 0.996. The van der Waals surface area contributed by atoms with Gasteiger partial charge < -0.3 is 9.80 Å². The maximum Gasteiger partial charge on any atom is 0.251 e. The van der Waals surface area contributed by atoms with E-state index < -0.39 is 10.0 Å². The summed E-state index contributed by atoms with van der Waals surface area (Å²) >= 11 is 1.21. The van der Waals surface area contributed by atoms with Crippen molar-refractivity contribution in [2.75, 3.05) is 39.6 Å². The summed E-state index contributed by atoms with van der Waals surface area (Å²) in [5.41, 5.74) is 0.547. The van der Waals surface area contributed by atoms with Gasteiger partial charge in [-0.15, -0.1) is 0 Å². The largest absolute Gasteiger partial charge is 0.348 e. The minimum atomic E-state index is -3.42. The summed E-state index contributed by atoms with van der Waals surface area (Å²) in [6, 6.07) is 0.299. The molecular formula is C12H24N4O2S2. The van der Waals surface area contributed by atoms with E-state index in [1.807, 2.05) is 26.0 Å². The Hall–Kier alpha value is -0.700. The van der Waals surface area contributed by atoms with Crippen LogP contribution in [0.5, 0.6) is 0 Å². The van der Waals surface area contributed by atoms with Crippen LogP contribution < -0.4 is 9.62 Å². The van der Waals surface area contributed by atoms with Crippen molar-refractivity contribution in [3.05, 3.63) is 5.69 Å². The van der Waals surface area contributed by atoms with E-state index >= 15 is 0 Å². The molecule has 20 heavy (non-hydrogen) atoms. The molecule has 1 heterocycles. The molecule has 1 atom stereocenters. The number of hydrogen-bond donors (Lipinski definition) is 1. The minimum absolute atomic E-state index is 0.293. The lowest BCUT2D eigenvalue weighted by Gasteiger charge is -2.25. The standard InChI is InChI=1S/C12H24N4O2S2/c1-9(7-8-15(4)5)16(6)12-14-10(2)11(19-12)20(17,18)13-3/h9,13H,7-8H2,1-6H3/t9-/m1/s1. The molecule has 0 aliphatic carbocycles. The van der Waals surface area contributed by atoms with Crippen molar-refractivity contribution in [3.63, 3.8) is 0 Å². The van der Waals surface area contributed by atoms with E-state index in [2.05, 4.69) is 21.5 Å². The summed E-state index contributed by atoms with van der Waals surface area (Å²) in [7, 11) is 4.02. The van der Waals surface area contributed by atoms with Gasteiger partial charge in [-0.25, -0.2) is 18.1 Å². The summed E-state index contributed by atoms with van der Waals surface area (Å²) in [4.78, 5) is 8.56. The monoisotopic (exact) mass is 320 g/mol. The third-order valence-electron chi connectivity index (χ3n) is 3.21. The minimum Gasteiger partial charge on any atom is -0.348 e. The van der Waals surface area contributed by atoms with E-state index in [0.29, 0.717) is 15.9 Å². The number of rotatable bonds is 7. The molecule has 0 aliphatic heterocycles. The molecular weight excluding hydrogens is 296 g/mol. The van der Waals surface area contributed by atoms with Crippen LogP contribution in [0.1, 0.15) is 19.0 Å². The Labute approximate surface area is 125 Å². The van der Waals surface area contributed by atoms with Gasteiger partial charge in [0, 0.05) is 13.1 Å². The fourth-order valence-corrected chi connectivity index (χ4v) is 4.09. The maximum absolute atomic E-state index is 11.9. The maximum atomic E-state index is 11.9. The van der Waals surface area contributed by atoms with Crippen LogP contribution in [0.25, 0.3) is 0 Å². The fraction of sp³-hybridized carbons (Fsp3) is 0.750. The molecule has 6 nitrogen and oxygen atoms in total. The summed E-state index contributed by atoms with van der Waals surface area (Å²) < 4.78 is 26.4. The zero-order chi connectivity index (χ0) is 15.5. The Morgan fingerprint density at radius 1 is 1.35 bits per heavy atom. The number of nitrogens with zero attached hydrogens (tertiary/aromatic N) is 3. The molecule has 8 heteroatoms. The summed E-state index contributed by atoms with van der Waals surface area (Å²) in [6.45, 7) is 4.83. The topological polar surface area (TPSA) is 65.5 Å². The van der Waals surface area contributed by atoms with E-state index in [-0.39, 0.29) is 0 Å². The highest BCUT2D eigenvalue weighted by Gasteiger charge is 2.23. The van der Waals surface area contributed by atoms with Crippen LogP contribution in [-0.2, 0) is 10.0 Å². The van der Waals surface area contributed by atoms with Crippen LogP contribution in [0.3, 0.4) is 0 Å². The second kappa shape index (κ2) is 6.84. The summed E-state index contributed by atoms with van der Waals surface area (Å²) in [5.74, 6) is 0. The van der Waals surface area contributed by atoms with Crippen molar-refractivity contribution in [2.45, 2.75) is 30.5 Å². The smallest absolute Gasteiger partial charge is 0.251 e. The van der Waals surface area contributed by atoms with E-state index in [0.717, 1.165) is 18.1 Å². The van der Waals surface area contributed by atoms with E-state index in [1.54, 1.807) is 6.92 Å². The van der Waals surface area contributed by atoms with Gasteiger partial charge in [-0.3, -0.25) is 0 Å². The molecule has 0 fully saturated rings. The first-order chi connectivity index (χ1) is 9.19. The Morgan fingerprint density at radius 2 is 1.95 bits per heavy atom. The van der Waals surface area contributed by atoms with Gasteiger partial charge in [0.05, 0.1) is 5.69 Å². The van der Waals surface area contributed by atoms with Crippen molar-refractivity contribution in [2.24, 2.45) is 0 Å². The predicted octanol–water partition coefficient (Wildman–Crippen LogP) is 1.14. The SMILES string of the molecule is CNS(=O)(=O)c1sc(N(C)[C@H](C)CCN(C)C)nc1C. The number of aryl methyl sites for hydroxylation is 1. The highest BCUT2D eigenvalue weighted by Crippen LogP contribution is 2.30. The third kappa shape index (κ3) is 4.15. The van der Waals surface area contributed by atoms with E-state index in [4.69, 9.17) is 0 Å². The first-order valence-electron chi connectivity index (χ1n) is 6.47. The molecule has 116 valence electrons. The lowest BCUT2D eigenvalue weighted by Crippen LogP contribution is -2.31. The first-order valence-corrected chi connectivity index (χ1v) is 8.77. The summed E-state index contributed by atoms with van der Waals surface area (Å²) in [5, 5.41) is 0.739. The Balaban J connectivity index is 2.90. The number of thiazole rings is 1. The lowest BCUT2D eigenvalue weighted by atomic mass is 10.2. The average molecular weight is 320 g/mol. The predicted molar refractivity (Wildman–Crippen MR) is 84.1 cm³/mol. The Morgan fingerprint density at radius 3 is 2.45 bits per heavy atom. The van der Waals surface area contributed by atoms with Crippen LogP contribution in [0.2, 0.25) is 0 Å². The van der Waals surface area contributed by atoms with Crippen LogP contribution in [0.15, 0.2) is 4.21 Å². The highest BCUT2D eigenvalue weighted by molar-refractivity contribution is 7.91.